The van der Waals surface area contributed by atoms with E-state index in [4.69, 9.17) is 4.74 Å². The molecule has 0 bridgehead atoms. The largest absolute Gasteiger partial charge is 0.381 e. The zero-order valence-electron chi connectivity index (χ0n) is 12.8. The van der Waals surface area contributed by atoms with Gasteiger partial charge >= 0.3 is 0 Å². The molecule has 1 amide bonds. The van der Waals surface area contributed by atoms with Gasteiger partial charge in [0.25, 0.3) is 0 Å². The highest BCUT2D eigenvalue weighted by Gasteiger charge is 2.29. The topological polar surface area (TPSA) is 32.8 Å². The molecule has 0 saturated carbocycles. The molecule has 0 N–H and O–H groups in total. The lowest BCUT2D eigenvalue weighted by atomic mass is 10.1. The van der Waals surface area contributed by atoms with Gasteiger partial charge in [0.2, 0.25) is 5.91 Å². The van der Waals surface area contributed by atoms with E-state index >= 15 is 0 Å². The average molecular weight is 288 g/mol. The van der Waals surface area contributed by atoms with Crippen LogP contribution in [0.25, 0.3) is 0 Å². The Kier molecular flexibility index (Phi) is 4.56. The maximum absolute atomic E-state index is 12.3. The first-order chi connectivity index (χ1) is 10.2. The van der Waals surface area contributed by atoms with E-state index in [9.17, 15) is 4.79 Å². The van der Waals surface area contributed by atoms with Gasteiger partial charge in [-0.15, -0.1) is 0 Å². The first-order valence-electron chi connectivity index (χ1n) is 7.87. The van der Waals surface area contributed by atoms with Crippen LogP contribution in [0.5, 0.6) is 0 Å². The van der Waals surface area contributed by atoms with Crippen LogP contribution in [-0.4, -0.2) is 55.1 Å². The summed E-state index contributed by atoms with van der Waals surface area (Å²) in [5, 5.41) is 0. The van der Waals surface area contributed by atoms with Crippen molar-refractivity contribution in [2.24, 2.45) is 5.92 Å². The molecule has 21 heavy (non-hydrogen) atoms. The lowest BCUT2D eigenvalue weighted by Crippen LogP contribution is -2.50. The van der Waals surface area contributed by atoms with Crippen molar-refractivity contribution >= 4 is 5.91 Å². The van der Waals surface area contributed by atoms with Crippen molar-refractivity contribution in [1.29, 1.82) is 0 Å². The monoisotopic (exact) mass is 288 g/mol. The summed E-state index contributed by atoms with van der Waals surface area (Å²) >= 11 is 0. The smallest absolute Gasteiger partial charge is 0.228 e. The molecule has 0 radical (unpaired) electrons. The molecule has 2 heterocycles. The van der Waals surface area contributed by atoms with Crippen molar-refractivity contribution in [3.63, 3.8) is 0 Å². The quantitative estimate of drug-likeness (QED) is 0.848. The lowest BCUT2D eigenvalue weighted by Gasteiger charge is -2.35. The minimum absolute atomic E-state index is 0.105. The van der Waals surface area contributed by atoms with Crippen molar-refractivity contribution < 1.29 is 9.53 Å². The van der Waals surface area contributed by atoms with Crippen LogP contribution >= 0.6 is 0 Å². The molecule has 3 rings (SSSR count). The zero-order valence-corrected chi connectivity index (χ0v) is 12.8. The molecule has 2 aliphatic heterocycles. The number of rotatable bonds is 3. The first-order valence-corrected chi connectivity index (χ1v) is 7.87. The lowest BCUT2D eigenvalue weighted by molar-refractivity contribution is -0.137. The van der Waals surface area contributed by atoms with Crippen LogP contribution in [0.15, 0.2) is 24.3 Å². The molecular weight excluding hydrogens is 264 g/mol. The summed E-state index contributed by atoms with van der Waals surface area (Å²) in [6.07, 6.45) is 0.891. The fourth-order valence-corrected chi connectivity index (χ4v) is 3.18. The number of amides is 1. The van der Waals surface area contributed by atoms with Crippen molar-refractivity contribution in [2.75, 3.05) is 39.4 Å². The molecule has 2 saturated heterocycles. The van der Waals surface area contributed by atoms with E-state index in [-0.39, 0.29) is 5.92 Å². The van der Waals surface area contributed by atoms with Crippen molar-refractivity contribution in [3.8, 4) is 0 Å². The second-order valence-electron chi connectivity index (χ2n) is 6.15. The second kappa shape index (κ2) is 6.58. The van der Waals surface area contributed by atoms with Gasteiger partial charge in [0.1, 0.15) is 0 Å². The van der Waals surface area contributed by atoms with E-state index in [2.05, 4.69) is 36.1 Å². The Hall–Kier alpha value is -1.39. The number of benzene rings is 1. The number of hydrogen-bond donors (Lipinski definition) is 0. The Morgan fingerprint density at radius 3 is 2.76 bits per heavy atom. The number of carbonyl (C=O) groups is 1. The van der Waals surface area contributed by atoms with E-state index in [1.807, 2.05) is 4.90 Å². The van der Waals surface area contributed by atoms with E-state index in [1.54, 1.807) is 0 Å². The molecule has 1 atom stereocenters. The highest BCUT2D eigenvalue weighted by Crippen LogP contribution is 2.17. The van der Waals surface area contributed by atoms with E-state index in [0.29, 0.717) is 12.5 Å². The number of piperazine rings is 1. The molecule has 0 spiro atoms. The van der Waals surface area contributed by atoms with Crippen molar-refractivity contribution in [2.45, 2.75) is 19.9 Å². The molecule has 0 unspecified atom stereocenters. The summed E-state index contributed by atoms with van der Waals surface area (Å²) in [5.41, 5.74) is 2.67. The predicted octanol–water partition coefficient (Wildman–Crippen LogP) is 1.68. The number of nitrogens with zero attached hydrogens (tertiary/aromatic N) is 2. The van der Waals surface area contributed by atoms with Crippen LogP contribution in [0.2, 0.25) is 0 Å². The molecule has 0 aromatic heterocycles. The fourth-order valence-electron chi connectivity index (χ4n) is 3.18. The Morgan fingerprint density at radius 2 is 2.10 bits per heavy atom. The molecule has 0 aliphatic carbocycles. The van der Waals surface area contributed by atoms with Gasteiger partial charge < -0.3 is 9.64 Å². The van der Waals surface area contributed by atoms with Gasteiger partial charge in [-0.05, 0) is 18.9 Å². The SMILES string of the molecule is Cc1cccc(CN2CCN(C(=O)[C@H]3CCOC3)CC2)c1. The van der Waals surface area contributed by atoms with Gasteiger partial charge in [-0.25, -0.2) is 0 Å². The summed E-state index contributed by atoms with van der Waals surface area (Å²) in [4.78, 5) is 16.8. The van der Waals surface area contributed by atoms with Crippen molar-refractivity contribution in [1.82, 2.24) is 9.80 Å². The van der Waals surface area contributed by atoms with Crippen LogP contribution in [0.3, 0.4) is 0 Å². The predicted molar refractivity (Wildman–Crippen MR) is 82.0 cm³/mol. The van der Waals surface area contributed by atoms with E-state index < -0.39 is 0 Å². The fraction of sp³-hybridized carbons (Fsp3) is 0.588. The molecule has 1 aromatic carbocycles. The van der Waals surface area contributed by atoms with Gasteiger partial charge in [-0.2, -0.15) is 0 Å². The maximum Gasteiger partial charge on any atom is 0.228 e. The minimum Gasteiger partial charge on any atom is -0.381 e. The maximum atomic E-state index is 12.3. The number of aryl methyl sites for hydroxylation is 1. The second-order valence-corrected chi connectivity index (χ2v) is 6.15. The third-order valence-electron chi connectivity index (χ3n) is 4.45. The zero-order chi connectivity index (χ0) is 14.7. The van der Waals surface area contributed by atoms with Gasteiger partial charge in [-0.1, -0.05) is 29.8 Å². The van der Waals surface area contributed by atoms with Crippen molar-refractivity contribution in [3.05, 3.63) is 35.4 Å². The Balaban J connectivity index is 1.49. The van der Waals surface area contributed by atoms with Gasteiger partial charge in [0.05, 0.1) is 12.5 Å². The van der Waals surface area contributed by atoms with Crippen LogP contribution in [0.1, 0.15) is 17.5 Å². The number of carbonyl (C=O) groups excluding carboxylic acids is 1. The summed E-state index contributed by atoms with van der Waals surface area (Å²) in [6, 6.07) is 8.67. The molecule has 4 heteroatoms. The normalized spacial score (nSPS) is 23.5. The molecule has 2 aliphatic rings. The van der Waals surface area contributed by atoms with Crippen LogP contribution < -0.4 is 0 Å². The number of ether oxygens (including phenoxy) is 1. The molecular formula is C17H24N2O2. The molecule has 114 valence electrons. The first kappa shape index (κ1) is 14.5. The van der Waals surface area contributed by atoms with Gasteiger partial charge in [0, 0.05) is 39.3 Å². The summed E-state index contributed by atoms with van der Waals surface area (Å²) in [5.74, 6) is 0.399. The minimum atomic E-state index is 0.105. The Labute approximate surface area is 126 Å². The average Bonchev–Trinajstić information content (AvgIpc) is 3.01. The third-order valence-corrected chi connectivity index (χ3v) is 4.45. The molecule has 4 nitrogen and oxygen atoms in total. The highest BCUT2D eigenvalue weighted by atomic mass is 16.5. The van der Waals surface area contributed by atoms with E-state index in [0.717, 1.165) is 45.8 Å². The van der Waals surface area contributed by atoms with E-state index in [1.165, 1.54) is 11.1 Å². The Bertz CT molecular complexity index is 489. The molecule has 2 fully saturated rings. The number of hydrogen-bond acceptors (Lipinski definition) is 3. The van der Waals surface area contributed by atoms with Gasteiger partial charge in [0.15, 0.2) is 0 Å². The van der Waals surface area contributed by atoms with Crippen LogP contribution in [0.4, 0.5) is 0 Å². The third kappa shape index (κ3) is 3.63. The van der Waals surface area contributed by atoms with Crippen LogP contribution in [0, 0.1) is 12.8 Å². The van der Waals surface area contributed by atoms with Gasteiger partial charge in [-0.3, -0.25) is 9.69 Å². The standard InChI is InChI=1S/C17H24N2O2/c1-14-3-2-4-15(11-14)12-18-6-8-19(9-7-18)17(20)16-5-10-21-13-16/h2-4,11,16H,5-10,12-13H2,1H3/t16-/m0/s1. The summed E-state index contributed by atoms with van der Waals surface area (Å²) in [7, 11) is 0. The van der Waals surface area contributed by atoms with Crippen LogP contribution in [-0.2, 0) is 16.1 Å². The summed E-state index contributed by atoms with van der Waals surface area (Å²) < 4.78 is 5.32. The Morgan fingerprint density at radius 1 is 1.29 bits per heavy atom. The summed E-state index contributed by atoms with van der Waals surface area (Å²) in [6.45, 7) is 8.09. The highest BCUT2D eigenvalue weighted by molar-refractivity contribution is 5.79. The molecule has 1 aromatic rings.